The molecule has 0 spiro atoms. The van der Waals surface area contributed by atoms with Crippen molar-refractivity contribution in [2.75, 3.05) is 27.2 Å². The second-order valence-corrected chi connectivity index (χ2v) is 5.83. The lowest BCUT2D eigenvalue weighted by atomic mass is 9.88. The van der Waals surface area contributed by atoms with Gasteiger partial charge in [-0.25, -0.2) is 0 Å². The summed E-state index contributed by atoms with van der Waals surface area (Å²) in [4.78, 5) is 34.6. The molecular formula is C14H26N2O5. The lowest BCUT2D eigenvalue weighted by Gasteiger charge is -2.35. The molecule has 0 aliphatic carbocycles. The van der Waals surface area contributed by atoms with Crippen molar-refractivity contribution in [3.63, 3.8) is 0 Å². The van der Waals surface area contributed by atoms with E-state index in [4.69, 9.17) is 15.0 Å². The van der Waals surface area contributed by atoms with Crippen LogP contribution in [0, 0.1) is 5.92 Å². The highest BCUT2D eigenvalue weighted by Gasteiger charge is 2.39. The van der Waals surface area contributed by atoms with E-state index in [-0.39, 0.29) is 30.8 Å². The smallest absolute Gasteiger partial charge is 0.303 e. The van der Waals surface area contributed by atoms with E-state index in [1.165, 1.54) is 0 Å². The van der Waals surface area contributed by atoms with E-state index in [2.05, 4.69) is 25.8 Å². The maximum Gasteiger partial charge on any atom is 0.303 e. The molecular weight excluding hydrogens is 276 g/mol. The highest BCUT2D eigenvalue weighted by atomic mass is 16.4. The number of amides is 1. The molecule has 0 aromatic carbocycles. The van der Waals surface area contributed by atoms with Crippen LogP contribution in [0.4, 0.5) is 0 Å². The number of carboxylic acids is 1. The molecule has 0 saturated carbocycles. The van der Waals surface area contributed by atoms with Crippen LogP contribution in [0.5, 0.6) is 0 Å². The van der Waals surface area contributed by atoms with Crippen molar-refractivity contribution in [2.45, 2.75) is 38.6 Å². The van der Waals surface area contributed by atoms with Crippen molar-refractivity contribution < 1.29 is 24.6 Å². The van der Waals surface area contributed by atoms with Crippen LogP contribution in [0.25, 0.3) is 0 Å². The lowest BCUT2D eigenvalue weighted by Crippen LogP contribution is -2.44. The average molecular weight is 302 g/mol. The Morgan fingerprint density at radius 3 is 2.29 bits per heavy atom. The van der Waals surface area contributed by atoms with Gasteiger partial charge in [-0.1, -0.05) is 0 Å². The van der Waals surface area contributed by atoms with E-state index >= 15 is 0 Å². The normalized spacial score (nSPS) is 20.3. The van der Waals surface area contributed by atoms with Crippen LogP contribution in [0.15, 0.2) is 0 Å². The van der Waals surface area contributed by atoms with Gasteiger partial charge in [-0.3, -0.25) is 14.4 Å². The minimum atomic E-state index is -0.919. The Hall–Kier alpha value is -1.63. The van der Waals surface area contributed by atoms with Crippen LogP contribution in [-0.2, 0) is 14.4 Å². The number of nitrogens with zero attached hydrogens (tertiary/aromatic N) is 2. The monoisotopic (exact) mass is 302 g/mol. The number of hydrogen-bond donors (Lipinski definition) is 2. The Labute approximate surface area is 125 Å². The van der Waals surface area contributed by atoms with Crippen LogP contribution in [0.1, 0.15) is 33.1 Å². The van der Waals surface area contributed by atoms with Gasteiger partial charge < -0.3 is 20.0 Å². The van der Waals surface area contributed by atoms with Crippen molar-refractivity contribution in [1.29, 1.82) is 0 Å². The van der Waals surface area contributed by atoms with Crippen molar-refractivity contribution >= 4 is 18.3 Å². The Bertz CT molecular complexity index is 370. The first-order valence-corrected chi connectivity index (χ1v) is 6.91. The maximum atomic E-state index is 11.8. The minimum absolute atomic E-state index is 0.0808. The molecule has 0 aromatic heterocycles. The Kier molecular flexibility index (Phi) is 7.94. The number of aliphatic carboxylic acids is 1. The maximum absolute atomic E-state index is 11.8. The summed E-state index contributed by atoms with van der Waals surface area (Å²) in [5.41, 5.74) is 0.0985. The first kappa shape index (κ1) is 19.4. The Balaban J connectivity index is 0.00000122. The standard InChI is InChI=1S/C13H24N2O3.CH2O2/c1-13(2)10(7-8-15(13)4)9-14(3)11(16)5-6-12(17)18;2-1-3/h10H,5-9H2,1-4H3,(H,17,18);1H,(H,2,3). The van der Waals surface area contributed by atoms with Crippen molar-refractivity contribution in [2.24, 2.45) is 5.92 Å². The second kappa shape index (κ2) is 8.61. The Morgan fingerprint density at radius 1 is 1.38 bits per heavy atom. The van der Waals surface area contributed by atoms with E-state index < -0.39 is 5.97 Å². The van der Waals surface area contributed by atoms with Gasteiger partial charge in [-0.15, -0.1) is 0 Å². The number of rotatable bonds is 5. The molecule has 1 rings (SSSR count). The number of carbonyl (C=O) groups is 3. The minimum Gasteiger partial charge on any atom is -0.483 e. The lowest BCUT2D eigenvalue weighted by molar-refractivity contribution is -0.140. The molecule has 122 valence electrons. The zero-order valence-electron chi connectivity index (χ0n) is 13.2. The third kappa shape index (κ3) is 6.12. The van der Waals surface area contributed by atoms with E-state index in [0.29, 0.717) is 12.5 Å². The summed E-state index contributed by atoms with van der Waals surface area (Å²) in [6.07, 6.45) is 1.09. The van der Waals surface area contributed by atoms with E-state index in [1.54, 1.807) is 11.9 Å². The van der Waals surface area contributed by atoms with Crippen molar-refractivity contribution in [3.05, 3.63) is 0 Å². The highest BCUT2D eigenvalue weighted by molar-refractivity contribution is 5.80. The van der Waals surface area contributed by atoms with E-state index in [9.17, 15) is 9.59 Å². The molecule has 1 heterocycles. The summed E-state index contributed by atoms with van der Waals surface area (Å²) >= 11 is 0. The first-order valence-electron chi connectivity index (χ1n) is 6.91. The predicted molar refractivity (Wildman–Crippen MR) is 78.0 cm³/mol. The summed E-state index contributed by atoms with van der Waals surface area (Å²) in [7, 11) is 3.87. The predicted octanol–water partition coefficient (Wildman–Crippen LogP) is 0.741. The van der Waals surface area contributed by atoms with Crippen LogP contribution in [0.2, 0.25) is 0 Å². The van der Waals surface area contributed by atoms with Crippen LogP contribution >= 0.6 is 0 Å². The number of likely N-dealkylation sites (tertiary alicyclic amines) is 1. The molecule has 0 aromatic rings. The highest BCUT2D eigenvalue weighted by Crippen LogP contribution is 2.33. The first-order chi connectivity index (χ1) is 9.66. The molecule has 21 heavy (non-hydrogen) atoms. The molecule has 1 saturated heterocycles. The van der Waals surface area contributed by atoms with E-state index in [1.807, 2.05) is 0 Å². The zero-order chi connectivity index (χ0) is 16.6. The molecule has 1 unspecified atom stereocenters. The molecule has 1 aliphatic rings. The van der Waals surface area contributed by atoms with Gasteiger partial charge in [0.15, 0.2) is 0 Å². The van der Waals surface area contributed by atoms with Crippen molar-refractivity contribution in [3.8, 4) is 0 Å². The third-order valence-corrected chi connectivity index (χ3v) is 4.27. The molecule has 1 atom stereocenters. The van der Waals surface area contributed by atoms with Gasteiger partial charge in [-0.2, -0.15) is 0 Å². The number of carboxylic acid groups (broad SMARTS) is 2. The molecule has 1 fully saturated rings. The van der Waals surface area contributed by atoms with Gasteiger partial charge in [0.05, 0.1) is 6.42 Å². The fourth-order valence-corrected chi connectivity index (χ4v) is 2.45. The summed E-state index contributed by atoms with van der Waals surface area (Å²) in [5, 5.41) is 15.5. The summed E-state index contributed by atoms with van der Waals surface area (Å²) in [6, 6.07) is 0. The third-order valence-electron chi connectivity index (χ3n) is 4.27. The van der Waals surface area contributed by atoms with Gasteiger partial charge in [0, 0.05) is 25.6 Å². The van der Waals surface area contributed by atoms with Crippen LogP contribution < -0.4 is 0 Å². The number of hydrogen-bond acceptors (Lipinski definition) is 4. The molecule has 1 aliphatic heterocycles. The molecule has 0 radical (unpaired) electrons. The van der Waals surface area contributed by atoms with Gasteiger partial charge >= 0.3 is 5.97 Å². The quantitative estimate of drug-likeness (QED) is 0.727. The molecule has 7 nitrogen and oxygen atoms in total. The summed E-state index contributed by atoms with van der Waals surface area (Å²) in [6.45, 7) is 5.89. The average Bonchev–Trinajstić information content (AvgIpc) is 2.63. The molecule has 0 bridgehead atoms. The summed E-state index contributed by atoms with van der Waals surface area (Å²) < 4.78 is 0. The summed E-state index contributed by atoms with van der Waals surface area (Å²) in [5.74, 6) is -0.554. The molecule has 7 heteroatoms. The van der Waals surface area contributed by atoms with Crippen LogP contribution in [-0.4, -0.2) is 71.1 Å². The Morgan fingerprint density at radius 2 is 1.90 bits per heavy atom. The topological polar surface area (TPSA) is 98.2 Å². The number of carbonyl (C=O) groups excluding carboxylic acids is 1. The van der Waals surface area contributed by atoms with E-state index in [0.717, 1.165) is 13.0 Å². The fraction of sp³-hybridized carbons (Fsp3) is 0.786. The van der Waals surface area contributed by atoms with Crippen molar-refractivity contribution in [1.82, 2.24) is 9.80 Å². The zero-order valence-corrected chi connectivity index (χ0v) is 13.2. The largest absolute Gasteiger partial charge is 0.483 e. The van der Waals surface area contributed by atoms with Gasteiger partial charge in [0.1, 0.15) is 0 Å². The van der Waals surface area contributed by atoms with Crippen LogP contribution in [0.3, 0.4) is 0 Å². The molecule has 2 N–H and O–H groups in total. The fourth-order valence-electron chi connectivity index (χ4n) is 2.45. The van der Waals surface area contributed by atoms with Gasteiger partial charge in [0.2, 0.25) is 5.91 Å². The van der Waals surface area contributed by atoms with Gasteiger partial charge in [0.25, 0.3) is 6.47 Å². The SMILES string of the molecule is CN(CC1CCN(C)C1(C)C)C(=O)CCC(=O)O.O=CO. The van der Waals surface area contributed by atoms with Gasteiger partial charge in [-0.05, 0) is 39.8 Å². The second-order valence-electron chi connectivity index (χ2n) is 5.83. The molecule has 1 amide bonds.